The number of hydrogen-bond donors (Lipinski definition) is 1. The van der Waals surface area contributed by atoms with Gasteiger partial charge in [0.15, 0.2) is 0 Å². The molecule has 90 valence electrons. The van der Waals surface area contributed by atoms with Crippen LogP contribution in [-0.4, -0.2) is 76.2 Å². The smallest absolute Gasteiger partial charge is 0.234 e. The van der Waals surface area contributed by atoms with E-state index >= 15 is 0 Å². The Kier molecular flexibility index (Phi) is 5.70. The Bertz CT molecular complexity index is 206. The SMILES string of the molecule is CN(C)CCCN1CCN(S(=O)O)CC1. The lowest BCUT2D eigenvalue weighted by molar-refractivity contribution is 0.180. The highest BCUT2D eigenvalue weighted by Gasteiger charge is 2.19. The summed E-state index contributed by atoms with van der Waals surface area (Å²) in [6, 6.07) is 0. The van der Waals surface area contributed by atoms with Crippen molar-refractivity contribution in [2.45, 2.75) is 6.42 Å². The van der Waals surface area contributed by atoms with Gasteiger partial charge in [0.1, 0.15) is 0 Å². The van der Waals surface area contributed by atoms with Gasteiger partial charge in [-0.15, -0.1) is 0 Å². The van der Waals surface area contributed by atoms with Crippen LogP contribution in [0.3, 0.4) is 0 Å². The molecule has 0 saturated carbocycles. The fraction of sp³-hybridized carbons (Fsp3) is 1.00. The quantitative estimate of drug-likeness (QED) is 0.664. The molecule has 6 heteroatoms. The maximum absolute atomic E-state index is 10.8. The largest absolute Gasteiger partial charge is 0.309 e. The van der Waals surface area contributed by atoms with Gasteiger partial charge in [-0.25, -0.2) is 4.21 Å². The highest BCUT2D eigenvalue weighted by atomic mass is 32.2. The zero-order chi connectivity index (χ0) is 11.3. The van der Waals surface area contributed by atoms with Crippen molar-refractivity contribution in [2.24, 2.45) is 0 Å². The second kappa shape index (κ2) is 6.55. The molecule has 1 saturated heterocycles. The Labute approximate surface area is 94.4 Å². The van der Waals surface area contributed by atoms with E-state index in [1.165, 1.54) is 0 Å². The first-order chi connectivity index (χ1) is 7.09. The summed E-state index contributed by atoms with van der Waals surface area (Å²) in [7, 11) is 4.15. The Balaban J connectivity index is 2.12. The summed E-state index contributed by atoms with van der Waals surface area (Å²) < 4.78 is 21.3. The fourth-order valence-electron chi connectivity index (χ4n) is 1.72. The monoisotopic (exact) mass is 235 g/mol. The van der Waals surface area contributed by atoms with Crippen LogP contribution in [0.4, 0.5) is 0 Å². The van der Waals surface area contributed by atoms with Crippen molar-refractivity contribution in [3.63, 3.8) is 0 Å². The lowest BCUT2D eigenvalue weighted by Crippen LogP contribution is -2.47. The molecule has 0 amide bonds. The van der Waals surface area contributed by atoms with Gasteiger partial charge in [-0.3, -0.25) is 4.55 Å². The highest BCUT2D eigenvalue weighted by Crippen LogP contribution is 2.03. The van der Waals surface area contributed by atoms with Gasteiger partial charge in [0, 0.05) is 26.2 Å². The van der Waals surface area contributed by atoms with Gasteiger partial charge >= 0.3 is 0 Å². The van der Waals surface area contributed by atoms with E-state index in [0.717, 1.165) is 32.6 Å². The summed E-state index contributed by atoms with van der Waals surface area (Å²) in [5.74, 6) is 0. The lowest BCUT2D eigenvalue weighted by Gasteiger charge is -2.32. The first kappa shape index (κ1) is 13.1. The van der Waals surface area contributed by atoms with E-state index in [1.807, 2.05) is 0 Å². The number of nitrogens with zero attached hydrogens (tertiary/aromatic N) is 3. The molecule has 1 aliphatic heterocycles. The number of hydrogen-bond acceptors (Lipinski definition) is 3. The molecule has 0 aromatic rings. The lowest BCUT2D eigenvalue weighted by atomic mass is 10.3. The van der Waals surface area contributed by atoms with Crippen LogP contribution >= 0.6 is 0 Å². The van der Waals surface area contributed by atoms with Gasteiger partial charge in [0.25, 0.3) is 0 Å². The average Bonchev–Trinajstić information content (AvgIpc) is 2.18. The van der Waals surface area contributed by atoms with Crippen LogP contribution in [-0.2, 0) is 11.3 Å². The average molecular weight is 235 g/mol. The van der Waals surface area contributed by atoms with Gasteiger partial charge in [-0.1, -0.05) is 0 Å². The van der Waals surface area contributed by atoms with Gasteiger partial charge < -0.3 is 9.80 Å². The Morgan fingerprint density at radius 3 is 2.33 bits per heavy atom. The van der Waals surface area contributed by atoms with Crippen molar-refractivity contribution in [1.82, 2.24) is 14.1 Å². The van der Waals surface area contributed by atoms with Crippen molar-refractivity contribution in [3.8, 4) is 0 Å². The molecule has 1 atom stereocenters. The van der Waals surface area contributed by atoms with Crippen LogP contribution in [0.25, 0.3) is 0 Å². The molecule has 1 fully saturated rings. The molecule has 0 aromatic heterocycles. The minimum absolute atomic E-state index is 0.699. The van der Waals surface area contributed by atoms with Crippen molar-refractivity contribution in [1.29, 1.82) is 0 Å². The first-order valence-corrected chi connectivity index (χ1v) is 6.39. The molecule has 5 nitrogen and oxygen atoms in total. The molecule has 0 radical (unpaired) electrons. The topological polar surface area (TPSA) is 47.0 Å². The number of piperazine rings is 1. The molecular formula is C9H21N3O2S. The highest BCUT2D eigenvalue weighted by molar-refractivity contribution is 7.76. The van der Waals surface area contributed by atoms with E-state index in [-0.39, 0.29) is 0 Å². The van der Waals surface area contributed by atoms with Crippen LogP contribution in [0.5, 0.6) is 0 Å². The van der Waals surface area contributed by atoms with E-state index in [9.17, 15) is 4.21 Å². The molecule has 1 rings (SSSR count). The second-order valence-electron chi connectivity index (χ2n) is 4.16. The second-order valence-corrected chi connectivity index (χ2v) is 5.14. The Morgan fingerprint density at radius 1 is 1.27 bits per heavy atom. The predicted molar refractivity (Wildman–Crippen MR) is 62.0 cm³/mol. The van der Waals surface area contributed by atoms with Crippen LogP contribution in [0, 0.1) is 0 Å². The summed E-state index contributed by atoms with van der Waals surface area (Å²) in [6.45, 7) is 5.39. The molecule has 15 heavy (non-hydrogen) atoms. The standard InChI is InChI=1S/C9H21N3O2S/c1-10(2)4-3-5-11-6-8-12(9-7-11)15(13)14/h3-9H2,1-2H3,(H,13,14). The van der Waals surface area contributed by atoms with E-state index in [4.69, 9.17) is 4.55 Å². The van der Waals surface area contributed by atoms with E-state index in [0.29, 0.717) is 13.1 Å². The zero-order valence-corrected chi connectivity index (χ0v) is 10.4. The van der Waals surface area contributed by atoms with Crippen LogP contribution in [0.2, 0.25) is 0 Å². The van der Waals surface area contributed by atoms with E-state index in [1.54, 1.807) is 4.31 Å². The molecule has 0 aromatic carbocycles. The maximum atomic E-state index is 10.8. The Hall–Kier alpha value is -0.0100. The number of rotatable bonds is 5. The van der Waals surface area contributed by atoms with Crippen molar-refractivity contribution in [3.05, 3.63) is 0 Å². The molecule has 1 N–H and O–H groups in total. The normalized spacial score (nSPS) is 22.1. The van der Waals surface area contributed by atoms with Gasteiger partial charge in [-0.05, 0) is 33.6 Å². The predicted octanol–water partition coefficient (Wildman–Crippen LogP) is -0.308. The van der Waals surface area contributed by atoms with E-state index < -0.39 is 11.3 Å². The minimum Gasteiger partial charge on any atom is -0.309 e. The van der Waals surface area contributed by atoms with Crippen LogP contribution in [0.15, 0.2) is 0 Å². The first-order valence-electron chi connectivity index (χ1n) is 5.32. The molecule has 0 spiro atoms. The maximum Gasteiger partial charge on any atom is 0.234 e. The van der Waals surface area contributed by atoms with Crippen molar-refractivity contribution in [2.75, 3.05) is 53.4 Å². The molecule has 1 aliphatic rings. The summed E-state index contributed by atoms with van der Waals surface area (Å²) in [5.41, 5.74) is 0. The molecule has 0 bridgehead atoms. The van der Waals surface area contributed by atoms with Gasteiger partial charge in [-0.2, -0.15) is 4.31 Å². The van der Waals surface area contributed by atoms with Crippen LogP contribution < -0.4 is 0 Å². The fourth-order valence-corrected chi connectivity index (χ4v) is 2.20. The Morgan fingerprint density at radius 2 is 1.87 bits per heavy atom. The van der Waals surface area contributed by atoms with E-state index in [2.05, 4.69) is 23.9 Å². The summed E-state index contributed by atoms with van der Waals surface area (Å²) >= 11 is -1.78. The third kappa shape index (κ3) is 5.03. The summed E-state index contributed by atoms with van der Waals surface area (Å²) in [6.07, 6.45) is 1.16. The minimum atomic E-state index is -1.78. The summed E-state index contributed by atoms with van der Waals surface area (Å²) in [4.78, 5) is 4.53. The van der Waals surface area contributed by atoms with Gasteiger partial charge in [0.05, 0.1) is 0 Å². The molecule has 1 unspecified atom stereocenters. The molecule has 0 aliphatic carbocycles. The van der Waals surface area contributed by atoms with Crippen molar-refractivity contribution >= 4 is 11.3 Å². The zero-order valence-electron chi connectivity index (χ0n) is 9.56. The molecule has 1 heterocycles. The van der Waals surface area contributed by atoms with Gasteiger partial charge in [0.2, 0.25) is 11.3 Å². The third-order valence-electron chi connectivity index (χ3n) is 2.63. The van der Waals surface area contributed by atoms with Crippen LogP contribution in [0.1, 0.15) is 6.42 Å². The molecular weight excluding hydrogens is 214 g/mol. The third-order valence-corrected chi connectivity index (χ3v) is 3.44. The van der Waals surface area contributed by atoms with Crippen molar-refractivity contribution < 1.29 is 8.76 Å². The summed E-state index contributed by atoms with van der Waals surface area (Å²) in [5, 5.41) is 0.